The SMILES string of the molecule is CCn1nccc1[C@@H]1C[C@H]1N. The zero-order valence-corrected chi connectivity index (χ0v) is 6.70. The van der Waals surface area contributed by atoms with E-state index in [4.69, 9.17) is 5.73 Å². The molecule has 0 radical (unpaired) electrons. The Bertz CT molecular complexity index is 254. The first kappa shape index (κ1) is 6.85. The summed E-state index contributed by atoms with van der Waals surface area (Å²) in [6.07, 6.45) is 2.98. The highest BCUT2D eigenvalue weighted by Crippen LogP contribution is 2.38. The van der Waals surface area contributed by atoms with Crippen LogP contribution in [0.4, 0.5) is 0 Å². The minimum atomic E-state index is 0.386. The molecule has 1 fully saturated rings. The van der Waals surface area contributed by atoms with E-state index in [1.165, 1.54) is 5.69 Å². The van der Waals surface area contributed by atoms with Crippen LogP contribution >= 0.6 is 0 Å². The lowest BCUT2D eigenvalue weighted by Crippen LogP contribution is -2.06. The van der Waals surface area contributed by atoms with Crippen LogP contribution in [0.15, 0.2) is 12.3 Å². The fraction of sp³-hybridized carbons (Fsp3) is 0.625. The number of hydrogen-bond acceptors (Lipinski definition) is 2. The fourth-order valence-electron chi connectivity index (χ4n) is 1.48. The number of rotatable bonds is 2. The molecular formula is C8H13N3. The molecule has 0 aromatic carbocycles. The third-order valence-electron chi connectivity index (χ3n) is 2.27. The van der Waals surface area contributed by atoms with E-state index >= 15 is 0 Å². The van der Waals surface area contributed by atoms with Crippen LogP contribution in [-0.4, -0.2) is 15.8 Å². The van der Waals surface area contributed by atoms with Crippen molar-refractivity contribution in [2.75, 3.05) is 0 Å². The zero-order valence-electron chi connectivity index (χ0n) is 6.70. The Balaban J connectivity index is 2.23. The maximum absolute atomic E-state index is 5.74. The minimum absolute atomic E-state index is 0.386. The highest BCUT2D eigenvalue weighted by atomic mass is 15.3. The number of nitrogens with two attached hydrogens (primary N) is 1. The molecule has 2 atom stereocenters. The van der Waals surface area contributed by atoms with E-state index in [9.17, 15) is 0 Å². The van der Waals surface area contributed by atoms with Crippen molar-refractivity contribution in [2.45, 2.75) is 31.8 Å². The zero-order chi connectivity index (χ0) is 7.84. The summed E-state index contributed by atoms with van der Waals surface area (Å²) in [6.45, 7) is 3.05. The summed E-state index contributed by atoms with van der Waals surface area (Å²) in [5.41, 5.74) is 7.05. The molecule has 1 aliphatic rings. The van der Waals surface area contributed by atoms with Gasteiger partial charge >= 0.3 is 0 Å². The molecule has 0 saturated heterocycles. The number of hydrogen-bond donors (Lipinski definition) is 1. The third-order valence-corrected chi connectivity index (χ3v) is 2.27. The standard InChI is InChI=1S/C8H13N3/c1-2-11-8(3-4-10-11)6-5-7(6)9/h3-4,6-7H,2,5,9H2,1H3/t6-,7-/m1/s1. The largest absolute Gasteiger partial charge is 0.327 e. The lowest BCUT2D eigenvalue weighted by Gasteiger charge is -2.01. The summed E-state index contributed by atoms with van der Waals surface area (Å²) in [6, 6.07) is 2.46. The van der Waals surface area contributed by atoms with Gasteiger partial charge < -0.3 is 5.73 Å². The van der Waals surface area contributed by atoms with Gasteiger partial charge in [-0.3, -0.25) is 4.68 Å². The highest BCUT2D eigenvalue weighted by Gasteiger charge is 2.36. The molecule has 3 nitrogen and oxygen atoms in total. The van der Waals surface area contributed by atoms with Gasteiger partial charge in [-0.1, -0.05) is 0 Å². The van der Waals surface area contributed by atoms with Gasteiger partial charge in [0.05, 0.1) is 0 Å². The molecular weight excluding hydrogens is 138 g/mol. The topological polar surface area (TPSA) is 43.8 Å². The van der Waals surface area contributed by atoms with Gasteiger partial charge in [-0.15, -0.1) is 0 Å². The Morgan fingerprint density at radius 3 is 3.09 bits per heavy atom. The van der Waals surface area contributed by atoms with Gasteiger partial charge in [0, 0.05) is 30.4 Å². The van der Waals surface area contributed by atoms with Crippen molar-refractivity contribution >= 4 is 0 Å². The van der Waals surface area contributed by atoms with Crippen LogP contribution in [0, 0.1) is 0 Å². The first-order valence-corrected chi connectivity index (χ1v) is 4.10. The van der Waals surface area contributed by atoms with Crippen LogP contribution in [0.3, 0.4) is 0 Å². The lowest BCUT2D eigenvalue weighted by molar-refractivity contribution is 0.620. The Morgan fingerprint density at radius 2 is 2.55 bits per heavy atom. The summed E-state index contributed by atoms with van der Waals surface area (Å²) in [5.74, 6) is 0.581. The molecule has 3 heteroatoms. The summed E-state index contributed by atoms with van der Waals surface area (Å²) < 4.78 is 2.03. The quantitative estimate of drug-likeness (QED) is 0.676. The number of aryl methyl sites for hydroxylation is 1. The predicted molar refractivity (Wildman–Crippen MR) is 43.2 cm³/mol. The molecule has 1 heterocycles. The van der Waals surface area contributed by atoms with Crippen LogP contribution in [0.25, 0.3) is 0 Å². The smallest absolute Gasteiger partial charge is 0.0492 e. The Kier molecular flexibility index (Phi) is 1.46. The van der Waals surface area contributed by atoms with E-state index in [1.807, 2.05) is 10.9 Å². The molecule has 1 aromatic rings. The van der Waals surface area contributed by atoms with Crippen LogP contribution in [-0.2, 0) is 6.54 Å². The molecule has 0 amide bonds. The van der Waals surface area contributed by atoms with Crippen molar-refractivity contribution in [3.63, 3.8) is 0 Å². The molecule has 1 aliphatic carbocycles. The van der Waals surface area contributed by atoms with Gasteiger partial charge in [0.25, 0.3) is 0 Å². The summed E-state index contributed by atoms with van der Waals surface area (Å²) in [4.78, 5) is 0. The van der Waals surface area contributed by atoms with Crippen molar-refractivity contribution in [1.29, 1.82) is 0 Å². The van der Waals surface area contributed by atoms with Gasteiger partial charge in [-0.2, -0.15) is 5.10 Å². The van der Waals surface area contributed by atoms with Crippen LogP contribution in [0.1, 0.15) is 25.0 Å². The van der Waals surface area contributed by atoms with Gasteiger partial charge in [-0.05, 0) is 19.4 Å². The molecule has 2 N–H and O–H groups in total. The number of nitrogens with zero attached hydrogens (tertiary/aromatic N) is 2. The molecule has 1 aromatic heterocycles. The molecule has 0 aliphatic heterocycles. The maximum Gasteiger partial charge on any atom is 0.0492 e. The molecule has 11 heavy (non-hydrogen) atoms. The first-order valence-electron chi connectivity index (χ1n) is 4.10. The van der Waals surface area contributed by atoms with E-state index in [1.54, 1.807) is 0 Å². The summed E-state index contributed by atoms with van der Waals surface area (Å²) >= 11 is 0. The van der Waals surface area contributed by atoms with E-state index < -0.39 is 0 Å². The molecule has 0 unspecified atom stereocenters. The predicted octanol–water partition coefficient (Wildman–Crippen LogP) is 0.718. The second-order valence-electron chi connectivity index (χ2n) is 3.08. The Labute approximate surface area is 66.2 Å². The van der Waals surface area contributed by atoms with Gasteiger partial charge in [-0.25, -0.2) is 0 Å². The van der Waals surface area contributed by atoms with Gasteiger partial charge in [0.15, 0.2) is 0 Å². The van der Waals surface area contributed by atoms with E-state index in [0.717, 1.165) is 13.0 Å². The Morgan fingerprint density at radius 1 is 1.82 bits per heavy atom. The summed E-state index contributed by atoms with van der Waals surface area (Å²) in [7, 11) is 0. The molecule has 0 spiro atoms. The van der Waals surface area contributed by atoms with E-state index in [-0.39, 0.29) is 0 Å². The second kappa shape index (κ2) is 2.34. The second-order valence-corrected chi connectivity index (χ2v) is 3.08. The van der Waals surface area contributed by atoms with E-state index in [2.05, 4.69) is 18.1 Å². The van der Waals surface area contributed by atoms with Crippen molar-refractivity contribution < 1.29 is 0 Å². The first-order chi connectivity index (χ1) is 5.33. The third kappa shape index (κ3) is 1.05. The average Bonchev–Trinajstić information content (AvgIpc) is 2.58. The molecule has 60 valence electrons. The van der Waals surface area contributed by atoms with Crippen molar-refractivity contribution in [1.82, 2.24) is 9.78 Å². The minimum Gasteiger partial charge on any atom is -0.327 e. The number of aromatic nitrogens is 2. The molecule has 1 saturated carbocycles. The van der Waals surface area contributed by atoms with Crippen molar-refractivity contribution in [3.05, 3.63) is 18.0 Å². The fourth-order valence-corrected chi connectivity index (χ4v) is 1.48. The Hall–Kier alpha value is -0.830. The maximum atomic E-state index is 5.74. The van der Waals surface area contributed by atoms with Crippen molar-refractivity contribution in [3.8, 4) is 0 Å². The van der Waals surface area contributed by atoms with Crippen LogP contribution in [0.2, 0.25) is 0 Å². The van der Waals surface area contributed by atoms with Crippen LogP contribution in [0.5, 0.6) is 0 Å². The monoisotopic (exact) mass is 151 g/mol. The molecule has 0 bridgehead atoms. The normalized spacial score (nSPS) is 28.9. The van der Waals surface area contributed by atoms with Gasteiger partial charge in [0.2, 0.25) is 0 Å². The van der Waals surface area contributed by atoms with E-state index in [0.29, 0.717) is 12.0 Å². The van der Waals surface area contributed by atoms with Gasteiger partial charge in [0.1, 0.15) is 0 Å². The highest BCUT2D eigenvalue weighted by molar-refractivity contribution is 5.19. The summed E-state index contributed by atoms with van der Waals surface area (Å²) in [5, 5.41) is 4.19. The van der Waals surface area contributed by atoms with Crippen molar-refractivity contribution in [2.24, 2.45) is 5.73 Å². The average molecular weight is 151 g/mol. The van der Waals surface area contributed by atoms with Crippen LogP contribution < -0.4 is 5.73 Å². The lowest BCUT2D eigenvalue weighted by atomic mass is 10.3. The molecule has 2 rings (SSSR count).